The van der Waals surface area contributed by atoms with Crippen LogP contribution in [0.25, 0.3) is 11.0 Å². The number of fused-ring (bicyclic) bond motifs is 1. The molecule has 1 amide bonds. The van der Waals surface area contributed by atoms with Gasteiger partial charge in [-0.15, -0.1) is 0 Å². The van der Waals surface area contributed by atoms with Crippen molar-refractivity contribution in [1.29, 1.82) is 0 Å². The van der Waals surface area contributed by atoms with Gasteiger partial charge in [0, 0.05) is 12.4 Å². The topological polar surface area (TPSA) is 70.8 Å². The molecule has 94 valence electrons. The first-order valence-corrected chi connectivity index (χ1v) is 5.49. The molecule has 1 N–H and O–H groups in total. The lowest BCUT2D eigenvalue weighted by Gasteiger charge is -2.19. The third-order valence-corrected chi connectivity index (χ3v) is 2.89. The first kappa shape index (κ1) is 12.2. The van der Waals surface area contributed by atoms with Gasteiger partial charge in [0.25, 0.3) is 5.91 Å². The van der Waals surface area contributed by atoms with Crippen molar-refractivity contribution in [3.63, 3.8) is 0 Å². The predicted octanol–water partition coefficient (Wildman–Crippen LogP) is 1.98. The van der Waals surface area contributed by atoms with Gasteiger partial charge in [0.15, 0.2) is 5.76 Å². The van der Waals surface area contributed by atoms with Crippen molar-refractivity contribution in [3.8, 4) is 0 Å². The van der Waals surface area contributed by atoms with Crippen LogP contribution in [0.3, 0.4) is 0 Å². The van der Waals surface area contributed by atoms with Gasteiger partial charge in [-0.2, -0.15) is 0 Å². The number of nitrogens with zero attached hydrogens (tertiary/aromatic N) is 1. The van der Waals surface area contributed by atoms with Crippen molar-refractivity contribution in [2.75, 3.05) is 7.05 Å². The summed E-state index contributed by atoms with van der Waals surface area (Å²) in [5.41, 5.74) is 0.609. The van der Waals surface area contributed by atoms with E-state index in [1.807, 2.05) is 18.2 Å². The molecule has 2 aromatic rings. The first-order valence-electron chi connectivity index (χ1n) is 5.49. The van der Waals surface area contributed by atoms with E-state index in [9.17, 15) is 9.59 Å². The van der Waals surface area contributed by atoms with Gasteiger partial charge >= 0.3 is 5.97 Å². The summed E-state index contributed by atoms with van der Waals surface area (Å²) in [6.07, 6.45) is 0. The number of carboxylic acid groups (broad SMARTS) is 1. The van der Waals surface area contributed by atoms with E-state index in [0.717, 1.165) is 10.3 Å². The molecular weight excluding hydrogens is 234 g/mol. The second-order valence-corrected chi connectivity index (χ2v) is 4.08. The van der Waals surface area contributed by atoms with E-state index in [1.54, 1.807) is 12.1 Å². The number of likely N-dealkylation sites (N-methyl/N-ethyl adjacent to an activating group) is 1. The molecule has 0 aliphatic rings. The van der Waals surface area contributed by atoms with E-state index in [0.29, 0.717) is 5.58 Å². The van der Waals surface area contributed by atoms with Crippen LogP contribution in [0.4, 0.5) is 0 Å². The maximum atomic E-state index is 12.0. The molecule has 0 bridgehead atoms. The van der Waals surface area contributed by atoms with Crippen LogP contribution >= 0.6 is 0 Å². The number of carboxylic acids is 1. The van der Waals surface area contributed by atoms with Crippen LogP contribution in [0.15, 0.2) is 34.7 Å². The van der Waals surface area contributed by atoms with E-state index in [-0.39, 0.29) is 5.76 Å². The SMILES string of the molecule is CC(C(=O)O)N(C)C(=O)c1cc2ccccc2o1. The summed E-state index contributed by atoms with van der Waals surface area (Å²) in [7, 11) is 1.44. The number of carbonyl (C=O) groups excluding carboxylic acids is 1. The zero-order valence-corrected chi connectivity index (χ0v) is 10.1. The Kier molecular flexibility index (Phi) is 3.06. The summed E-state index contributed by atoms with van der Waals surface area (Å²) >= 11 is 0. The summed E-state index contributed by atoms with van der Waals surface area (Å²) in [6, 6.07) is 7.95. The van der Waals surface area contributed by atoms with Crippen molar-refractivity contribution in [3.05, 3.63) is 36.1 Å². The Morgan fingerprint density at radius 3 is 2.61 bits per heavy atom. The molecule has 5 heteroatoms. The Morgan fingerprint density at radius 2 is 2.00 bits per heavy atom. The zero-order valence-electron chi connectivity index (χ0n) is 10.1. The number of aliphatic carboxylic acids is 1. The van der Waals surface area contributed by atoms with Crippen molar-refractivity contribution in [2.45, 2.75) is 13.0 Å². The normalized spacial score (nSPS) is 12.3. The highest BCUT2D eigenvalue weighted by molar-refractivity contribution is 5.97. The molecule has 1 aromatic carbocycles. The summed E-state index contributed by atoms with van der Waals surface area (Å²) in [5.74, 6) is -1.35. The standard InChI is InChI=1S/C13H13NO4/c1-8(13(16)17)14(2)12(15)11-7-9-5-3-4-6-10(9)18-11/h3-8H,1-2H3,(H,16,17). The molecule has 0 spiro atoms. The molecular formula is C13H13NO4. The monoisotopic (exact) mass is 247 g/mol. The molecule has 0 aliphatic carbocycles. The second-order valence-electron chi connectivity index (χ2n) is 4.08. The molecule has 1 heterocycles. The van der Waals surface area contributed by atoms with Gasteiger partial charge in [0.2, 0.25) is 0 Å². The predicted molar refractivity (Wildman–Crippen MR) is 65.4 cm³/mol. The molecule has 1 unspecified atom stereocenters. The van der Waals surface area contributed by atoms with Gasteiger partial charge in [-0.1, -0.05) is 18.2 Å². The van der Waals surface area contributed by atoms with Crippen LogP contribution in [0.5, 0.6) is 0 Å². The Bertz CT molecular complexity index is 569. The number of carbonyl (C=O) groups is 2. The molecule has 18 heavy (non-hydrogen) atoms. The van der Waals surface area contributed by atoms with E-state index >= 15 is 0 Å². The highest BCUT2D eigenvalue weighted by Crippen LogP contribution is 2.20. The van der Waals surface area contributed by atoms with Crippen LogP contribution in [0.1, 0.15) is 17.5 Å². The lowest BCUT2D eigenvalue weighted by molar-refractivity contribution is -0.141. The average molecular weight is 247 g/mol. The quantitative estimate of drug-likeness (QED) is 0.900. The minimum Gasteiger partial charge on any atom is -0.480 e. The number of para-hydroxylation sites is 1. The average Bonchev–Trinajstić information content (AvgIpc) is 2.79. The Balaban J connectivity index is 2.31. The largest absolute Gasteiger partial charge is 0.480 e. The summed E-state index contributed by atoms with van der Waals surface area (Å²) in [6.45, 7) is 1.45. The lowest BCUT2D eigenvalue weighted by atomic mass is 10.2. The molecule has 5 nitrogen and oxygen atoms in total. The first-order chi connectivity index (χ1) is 8.50. The summed E-state index contributed by atoms with van der Waals surface area (Å²) < 4.78 is 5.40. The third kappa shape index (κ3) is 2.07. The summed E-state index contributed by atoms with van der Waals surface area (Å²) in [5, 5.41) is 9.68. The summed E-state index contributed by atoms with van der Waals surface area (Å²) in [4.78, 5) is 24.0. The van der Waals surface area contributed by atoms with E-state index in [4.69, 9.17) is 9.52 Å². The van der Waals surface area contributed by atoms with Crippen molar-refractivity contribution in [1.82, 2.24) is 4.90 Å². The number of hydrogen-bond donors (Lipinski definition) is 1. The van der Waals surface area contributed by atoms with Crippen LogP contribution in [-0.2, 0) is 4.79 Å². The molecule has 1 atom stereocenters. The Hall–Kier alpha value is -2.30. The van der Waals surface area contributed by atoms with Crippen molar-refractivity contribution < 1.29 is 19.1 Å². The van der Waals surface area contributed by atoms with Gasteiger partial charge in [-0.05, 0) is 19.1 Å². The fourth-order valence-electron chi connectivity index (χ4n) is 1.60. The van der Waals surface area contributed by atoms with Crippen molar-refractivity contribution in [2.24, 2.45) is 0 Å². The third-order valence-electron chi connectivity index (χ3n) is 2.89. The number of hydrogen-bond acceptors (Lipinski definition) is 3. The highest BCUT2D eigenvalue weighted by Gasteiger charge is 2.25. The number of rotatable bonds is 3. The van der Waals surface area contributed by atoms with Gasteiger partial charge in [0.1, 0.15) is 11.6 Å². The zero-order chi connectivity index (χ0) is 13.3. The van der Waals surface area contributed by atoms with Gasteiger partial charge in [0.05, 0.1) is 0 Å². The molecule has 0 fully saturated rings. The Labute approximate surface area is 104 Å². The van der Waals surface area contributed by atoms with E-state index in [1.165, 1.54) is 14.0 Å². The van der Waals surface area contributed by atoms with Gasteiger partial charge in [-0.25, -0.2) is 4.79 Å². The molecule has 0 saturated heterocycles. The fourth-order valence-corrected chi connectivity index (χ4v) is 1.60. The fraction of sp³-hybridized carbons (Fsp3) is 0.231. The molecule has 1 aromatic heterocycles. The van der Waals surface area contributed by atoms with Crippen molar-refractivity contribution >= 4 is 22.8 Å². The lowest BCUT2D eigenvalue weighted by Crippen LogP contribution is -2.40. The number of benzene rings is 1. The Morgan fingerprint density at radius 1 is 1.33 bits per heavy atom. The number of amides is 1. The van der Waals surface area contributed by atoms with Crippen LogP contribution in [0.2, 0.25) is 0 Å². The molecule has 0 radical (unpaired) electrons. The van der Waals surface area contributed by atoms with E-state index < -0.39 is 17.9 Å². The minimum absolute atomic E-state index is 0.145. The smallest absolute Gasteiger partial charge is 0.326 e. The molecule has 0 aliphatic heterocycles. The van der Waals surface area contributed by atoms with Crippen LogP contribution in [0, 0.1) is 0 Å². The molecule has 0 saturated carbocycles. The minimum atomic E-state index is -1.05. The van der Waals surface area contributed by atoms with Crippen LogP contribution < -0.4 is 0 Å². The van der Waals surface area contributed by atoms with Gasteiger partial charge < -0.3 is 14.4 Å². The van der Waals surface area contributed by atoms with E-state index in [2.05, 4.69) is 0 Å². The maximum absolute atomic E-state index is 12.0. The highest BCUT2D eigenvalue weighted by atomic mass is 16.4. The maximum Gasteiger partial charge on any atom is 0.326 e. The van der Waals surface area contributed by atoms with Gasteiger partial charge in [-0.3, -0.25) is 4.79 Å². The molecule has 2 rings (SSSR count). The number of furan rings is 1. The van der Waals surface area contributed by atoms with Crippen LogP contribution in [-0.4, -0.2) is 35.0 Å². The second kappa shape index (κ2) is 4.52.